The summed E-state index contributed by atoms with van der Waals surface area (Å²) in [5.41, 5.74) is 2.46. The molecule has 1 aromatic heterocycles. The molecule has 0 saturated carbocycles. The quantitative estimate of drug-likeness (QED) is 0.691. The Morgan fingerprint density at radius 2 is 1.92 bits per heavy atom. The average Bonchev–Trinajstić information content (AvgIpc) is 3.10. The summed E-state index contributed by atoms with van der Waals surface area (Å²) in [5, 5.41) is 18.6. The Labute approximate surface area is 137 Å². The molecule has 1 aliphatic rings. The third-order valence-corrected chi connectivity index (χ3v) is 4.13. The van der Waals surface area contributed by atoms with Crippen molar-refractivity contribution in [1.29, 1.82) is 5.41 Å². The van der Waals surface area contributed by atoms with Gasteiger partial charge in [-0.2, -0.15) is 0 Å². The number of fused-ring (bicyclic) bond motifs is 1. The largest absolute Gasteiger partial charge is 0.510 e. The molecule has 4 rings (SSSR count). The van der Waals surface area contributed by atoms with E-state index in [0.717, 1.165) is 11.0 Å². The van der Waals surface area contributed by atoms with E-state index in [2.05, 4.69) is 9.97 Å². The van der Waals surface area contributed by atoms with E-state index in [1.54, 1.807) is 23.1 Å². The maximum Gasteiger partial charge on any atom is 0.145 e. The fraction of sp³-hybridized carbons (Fsp3) is 0.111. The summed E-state index contributed by atoms with van der Waals surface area (Å²) >= 11 is 0. The molecule has 0 atom stereocenters. The van der Waals surface area contributed by atoms with E-state index in [4.69, 9.17) is 5.41 Å². The Kier molecular flexibility index (Phi) is 3.30. The van der Waals surface area contributed by atoms with Gasteiger partial charge in [-0.1, -0.05) is 30.3 Å². The summed E-state index contributed by atoms with van der Waals surface area (Å²) in [4.78, 5) is 9.18. The number of aliphatic hydroxyl groups excluding tert-OH is 1. The number of benzene rings is 2. The van der Waals surface area contributed by atoms with Crippen molar-refractivity contribution in [2.75, 3.05) is 6.54 Å². The highest BCUT2D eigenvalue weighted by atomic mass is 19.1. The summed E-state index contributed by atoms with van der Waals surface area (Å²) < 4.78 is 13.8. The Morgan fingerprint density at radius 1 is 1.17 bits per heavy atom. The number of nitrogens with one attached hydrogen (secondary N) is 2. The Morgan fingerprint density at radius 3 is 2.71 bits per heavy atom. The summed E-state index contributed by atoms with van der Waals surface area (Å²) in [7, 11) is 0. The molecule has 0 fully saturated rings. The molecule has 0 spiro atoms. The zero-order chi connectivity index (χ0) is 16.7. The minimum absolute atomic E-state index is 0.0652. The number of aliphatic hydroxyl groups is 1. The molecule has 0 unspecified atom stereocenters. The molecule has 5 nitrogen and oxygen atoms in total. The number of halogens is 1. The number of imidazole rings is 1. The first-order valence-electron chi connectivity index (χ1n) is 7.58. The third kappa shape index (κ3) is 2.32. The number of hydrogen-bond donors (Lipinski definition) is 3. The molecular formula is C18H15FN4O. The standard InChI is InChI=1S/C18H15FN4O/c19-12-6-2-1-5-11(12)9-23-10-15(24)16(17(23)20)18-21-13-7-3-4-8-14(13)22-18/h1-8,20,24H,9-10H2,(H,21,22). The van der Waals surface area contributed by atoms with Gasteiger partial charge in [0.15, 0.2) is 0 Å². The van der Waals surface area contributed by atoms with Crippen molar-refractivity contribution in [2.45, 2.75) is 6.54 Å². The van der Waals surface area contributed by atoms with Crippen LogP contribution in [0.1, 0.15) is 11.4 Å². The number of nitrogens with zero attached hydrogens (tertiary/aromatic N) is 2. The van der Waals surface area contributed by atoms with Crippen LogP contribution in [0.25, 0.3) is 16.6 Å². The molecule has 1 aliphatic heterocycles. The highest BCUT2D eigenvalue weighted by Crippen LogP contribution is 2.28. The van der Waals surface area contributed by atoms with Crippen LogP contribution in [0.3, 0.4) is 0 Å². The van der Waals surface area contributed by atoms with Crippen molar-refractivity contribution >= 4 is 22.4 Å². The van der Waals surface area contributed by atoms with Crippen molar-refractivity contribution in [3.63, 3.8) is 0 Å². The lowest BCUT2D eigenvalue weighted by Gasteiger charge is -2.18. The Balaban J connectivity index is 1.64. The zero-order valence-corrected chi connectivity index (χ0v) is 12.8. The normalized spacial score (nSPS) is 14.9. The first-order valence-corrected chi connectivity index (χ1v) is 7.58. The van der Waals surface area contributed by atoms with Gasteiger partial charge in [-0.05, 0) is 18.2 Å². The second-order valence-corrected chi connectivity index (χ2v) is 5.72. The SMILES string of the molecule is N=C1C(c2nc3ccccc3[nH]2)=C(O)CN1Cc1ccccc1F. The molecule has 0 aliphatic carbocycles. The highest BCUT2D eigenvalue weighted by Gasteiger charge is 2.30. The second-order valence-electron chi connectivity index (χ2n) is 5.72. The van der Waals surface area contributed by atoms with Gasteiger partial charge in [-0.15, -0.1) is 0 Å². The maximum absolute atomic E-state index is 13.8. The van der Waals surface area contributed by atoms with E-state index in [0.29, 0.717) is 17.0 Å². The topological polar surface area (TPSA) is 76.0 Å². The van der Waals surface area contributed by atoms with Crippen molar-refractivity contribution in [3.8, 4) is 0 Å². The van der Waals surface area contributed by atoms with E-state index >= 15 is 0 Å². The average molecular weight is 322 g/mol. The van der Waals surface area contributed by atoms with Gasteiger partial charge in [0.2, 0.25) is 0 Å². The third-order valence-electron chi connectivity index (χ3n) is 4.13. The number of aromatic amines is 1. The van der Waals surface area contributed by atoms with Crippen LogP contribution < -0.4 is 0 Å². The molecule has 2 heterocycles. The van der Waals surface area contributed by atoms with Crippen molar-refractivity contribution in [1.82, 2.24) is 14.9 Å². The monoisotopic (exact) mass is 322 g/mol. The van der Waals surface area contributed by atoms with Gasteiger partial charge in [-0.25, -0.2) is 9.37 Å². The molecular weight excluding hydrogens is 307 g/mol. The van der Waals surface area contributed by atoms with Crippen molar-refractivity contribution < 1.29 is 9.50 Å². The summed E-state index contributed by atoms with van der Waals surface area (Å²) in [6.07, 6.45) is 0. The first kappa shape index (κ1) is 14.4. The molecule has 120 valence electrons. The van der Waals surface area contributed by atoms with E-state index < -0.39 is 0 Å². The van der Waals surface area contributed by atoms with Gasteiger partial charge >= 0.3 is 0 Å². The molecule has 0 radical (unpaired) electrons. The number of amidine groups is 1. The van der Waals surface area contributed by atoms with E-state index in [1.807, 2.05) is 24.3 Å². The zero-order valence-electron chi connectivity index (χ0n) is 12.8. The fourth-order valence-corrected chi connectivity index (χ4v) is 2.92. The predicted octanol–water partition coefficient (Wildman–Crippen LogP) is 3.46. The lowest BCUT2D eigenvalue weighted by molar-refractivity contribution is 0.344. The highest BCUT2D eigenvalue weighted by molar-refractivity contribution is 6.23. The summed E-state index contributed by atoms with van der Waals surface area (Å²) in [5.74, 6) is 0.335. The number of hydrogen-bond acceptors (Lipinski definition) is 3. The predicted molar refractivity (Wildman–Crippen MR) is 90.2 cm³/mol. The minimum Gasteiger partial charge on any atom is -0.510 e. The molecule has 3 N–H and O–H groups in total. The van der Waals surface area contributed by atoms with E-state index in [1.165, 1.54) is 6.07 Å². The fourth-order valence-electron chi connectivity index (χ4n) is 2.92. The van der Waals surface area contributed by atoms with Crippen molar-refractivity contribution in [2.24, 2.45) is 0 Å². The van der Waals surface area contributed by atoms with Gasteiger partial charge in [0.1, 0.15) is 23.2 Å². The smallest absolute Gasteiger partial charge is 0.145 e. The number of para-hydroxylation sites is 2. The molecule has 24 heavy (non-hydrogen) atoms. The van der Waals surface area contributed by atoms with Crippen LogP contribution in [0.5, 0.6) is 0 Å². The molecule has 6 heteroatoms. The lowest BCUT2D eigenvalue weighted by atomic mass is 10.2. The van der Waals surface area contributed by atoms with E-state index in [9.17, 15) is 9.50 Å². The van der Waals surface area contributed by atoms with Crippen LogP contribution in [-0.4, -0.2) is 32.4 Å². The number of H-pyrrole nitrogens is 1. The molecule has 2 aromatic carbocycles. The van der Waals surface area contributed by atoms with Crippen LogP contribution in [0.4, 0.5) is 4.39 Å². The number of aromatic nitrogens is 2. The maximum atomic E-state index is 13.8. The summed E-state index contributed by atoms with van der Waals surface area (Å²) in [6.45, 7) is 0.388. The van der Waals surface area contributed by atoms with Gasteiger partial charge in [0, 0.05) is 12.1 Å². The Bertz CT molecular complexity index is 943. The van der Waals surface area contributed by atoms with Crippen LogP contribution >= 0.6 is 0 Å². The van der Waals surface area contributed by atoms with Crippen LogP contribution in [0.15, 0.2) is 54.3 Å². The van der Waals surface area contributed by atoms with Gasteiger partial charge in [-0.3, -0.25) is 5.41 Å². The molecule has 0 saturated heterocycles. The van der Waals surface area contributed by atoms with Gasteiger partial charge in [0.05, 0.1) is 23.2 Å². The van der Waals surface area contributed by atoms with Gasteiger partial charge < -0.3 is 15.0 Å². The second kappa shape index (κ2) is 5.49. The first-order chi connectivity index (χ1) is 11.6. The lowest BCUT2D eigenvalue weighted by Crippen LogP contribution is -2.26. The van der Waals surface area contributed by atoms with Crippen LogP contribution in [-0.2, 0) is 6.54 Å². The van der Waals surface area contributed by atoms with E-state index in [-0.39, 0.29) is 30.5 Å². The van der Waals surface area contributed by atoms with Crippen LogP contribution in [0, 0.1) is 11.2 Å². The van der Waals surface area contributed by atoms with Crippen molar-refractivity contribution in [3.05, 3.63) is 71.5 Å². The minimum atomic E-state index is -0.318. The van der Waals surface area contributed by atoms with Gasteiger partial charge in [0.25, 0.3) is 0 Å². The number of rotatable bonds is 3. The molecule has 3 aromatic rings. The van der Waals surface area contributed by atoms with Crippen LogP contribution in [0.2, 0.25) is 0 Å². The molecule has 0 bridgehead atoms. The Hall–Kier alpha value is -3.15. The summed E-state index contributed by atoms with van der Waals surface area (Å²) in [6, 6.07) is 14.0. The molecule has 0 amide bonds.